The minimum atomic E-state index is 0.296. The van der Waals surface area contributed by atoms with Crippen LogP contribution in [0.5, 0.6) is 11.5 Å². The molecule has 5 aromatic rings. The van der Waals surface area contributed by atoms with Crippen LogP contribution in [0, 0.1) is 0 Å². The van der Waals surface area contributed by atoms with Crippen molar-refractivity contribution in [1.29, 1.82) is 0 Å². The van der Waals surface area contributed by atoms with Crippen LogP contribution in [0.4, 0.5) is 11.5 Å². The molecule has 7 heteroatoms. The minimum Gasteiger partial charge on any atom is -0.455 e. The molecule has 150 valence electrons. The standard InChI is InChI=1S/C23H20ClN5O/c1-14(2)29-11-9-19-22(29)23(27-13-26-19)28-15-6-7-21(17(24)12-15)30-20-5-3-4-18-16(20)8-10-25-18/h3-14,25H,1-2H3,(H,26,27,28). The Morgan fingerprint density at radius 1 is 1.07 bits per heavy atom. The number of ether oxygens (including phenoxy) is 1. The zero-order chi connectivity index (χ0) is 20.7. The van der Waals surface area contributed by atoms with E-state index in [9.17, 15) is 0 Å². The molecule has 0 amide bonds. The van der Waals surface area contributed by atoms with Gasteiger partial charge in [0, 0.05) is 35.0 Å². The molecule has 0 saturated carbocycles. The smallest absolute Gasteiger partial charge is 0.158 e. The molecule has 0 spiro atoms. The number of nitrogens with zero attached hydrogens (tertiary/aromatic N) is 3. The number of H-pyrrole nitrogens is 1. The molecule has 0 aliphatic rings. The number of hydrogen-bond acceptors (Lipinski definition) is 4. The third kappa shape index (κ3) is 3.25. The first kappa shape index (κ1) is 18.5. The number of halogens is 1. The molecule has 2 N–H and O–H groups in total. The van der Waals surface area contributed by atoms with Gasteiger partial charge >= 0.3 is 0 Å². The van der Waals surface area contributed by atoms with E-state index in [2.05, 4.69) is 38.7 Å². The van der Waals surface area contributed by atoms with Gasteiger partial charge in [-0.25, -0.2) is 9.97 Å². The first-order chi connectivity index (χ1) is 14.6. The van der Waals surface area contributed by atoms with Crippen molar-refractivity contribution >= 4 is 45.0 Å². The number of rotatable bonds is 5. The lowest BCUT2D eigenvalue weighted by molar-refractivity contribution is 0.489. The van der Waals surface area contributed by atoms with Crippen molar-refractivity contribution in [2.45, 2.75) is 19.9 Å². The zero-order valence-corrected chi connectivity index (χ0v) is 17.3. The van der Waals surface area contributed by atoms with Crippen LogP contribution in [0.15, 0.2) is 67.3 Å². The molecule has 0 fully saturated rings. The fraction of sp³-hybridized carbons (Fsp3) is 0.130. The SMILES string of the molecule is CC(C)n1ccc2ncnc(Nc3ccc(Oc4cccc5[nH]ccc45)c(Cl)c3)c21. The third-order valence-corrected chi connectivity index (χ3v) is 5.32. The molecule has 0 atom stereocenters. The summed E-state index contributed by atoms with van der Waals surface area (Å²) in [6.07, 6.45) is 5.48. The van der Waals surface area contributed by atoms with Gasteiger partial charge in [0.05, 0.1) is 10.5 Å². The van der Waals surface area contributed by atoms with E-state index in [-0.39, 0.29) is 0 Å². The molecule has 5 rings (SSSR count). The molecular weight excluding hydrogens is 398 g/mol. The number of fused-ring (bicyclic) bond motifs is 2. The monoisotopic (exact) mass is 417 g/mol. The van der Waals surface area contributed by atoms with Gasteiger partial charge < -0.3 is 19.6 Å². The summed E-state index contributed by atoms with van der Waals surface area (Å²) in [4.78, 5) is 12.0. The Balaban J connectivity index is 1.45. The van der Waals surface area contributed by atoms with Crippen molar-refractivity contribution in [3.8, 4) is 11.5 Å². The second kappa shape index (κ2) is 7.39. The Morgan fingerprint density at radius 3 is 2.80 bits per heavy atom. The minimum absolute atomic E-state index is 0.296. The molecule has 0 bridgehead atoms. The largest absolute Gasteiger partial charge is 0.455 e. The number of hydrogen-bond donors (Lipinski definition) is 2. The lowest BCUT2D eigenvalue weighted by atomic mass is 10.2. The summed E-state index contributed by atoms with van der Waals surface area (Å²) in [6.45, 7) is 4.26. The highest BCUT2D eigenvalue weighted by molar-refractivity contribution is 6.32. The Hall–Kier alpha value is -3.51. The van der Waals surface area contributed by atoms with E-state index in [0.29, 0.717) is 16.8 Å². The van der Waals surface area contributed by atoms with Crippen LogP contribution in [-0.4, -0.2) is 19.5 Å². The van der Waals surface area contributed by atoms with Crippen molar-refractivity contribution in [3.63, 3.8) is 0 Å². The number of nitrogens with one attached hydrogen (secondary N) is 2. The predicted octanol–water partition coefficient (Wildman–Crippen LogP) is 6.68. The molecule has 0 unspecified atom stereocenters. The molecule has 0 radical (unpaired) electrons. The summed E-state index contributed by atoms with van der Waals surface area (Å²) < 4.78 is 8.23. The average Bonchev–Trinajstić information content (AvgIpc) is 3.38. The highest BCUT2D eigenvalue weighted by Crippen LogP contribution is 2.36. The van der Waals surface area contributed by atoms with Crippen molar-refractivity contribution in [3.05, 3.63) is 72.3 Å². The van der Waals surface area contributed by atoms with Crippen molar-refractivity contribution < 1.29 is 4.74 Å². The molecule has 0 aliphatic heterocycles. The van der Waals surface area contributed by atoms with Crippen LogP contribution in [0.25, 0.3) is 21.9 Å². The average molecular weight is 418 g/mol. The summed E-state index contributed by atoms with van der Waals surface area (Å²) >= 11 is 6.54. The van der Waals surface area contributed by atoms with Gasteiger partial charge in [-0.2, -0.15) is 0 Å². The van der Waals surface area contributed by atoms with Gasteiger partial charge in [-0.3, -0.25) is 0 Å². The van der Waals surface area contributed by atoms with E-state index < -0.39 is 0 Å². The maximum absolute atomic E-state index is 6.54. The van der Waals surface area contributed by atoms with Crippen LogP contribution in [0.2, 0.25) is 5.02 Å². The van der Waals surface area contributed by atoms with E-state index in [0.717, 1.165) is 39.2 Å². The normalized spacial score (nSPS) is 11.5. The predicted molar refractivity (Wildman–Crippen MR) is 121 cm³/mol. The number of benzene rings is 2. The lowest BCUT2D eigenvalue weighted by Crippen LogP contribution is -2.03. The highest BCUT2D eigenvalue weighted by Gasteiger charge is 2.13. The van der Waals surface area contributed by atoms with Crippen molar-refractivity contribution in [1.82, 2.24) is 19.5 Å². The number of anilines is 2. The van der Waals surface area contributed by atoms with Gasteiger partial charge in [0.15, 0.2) is 5.82 Å². The Bertz CT molecular complexity index is 1350. The van der Waals surface area contributed by atoms with E-state index in [1.165, 1.54) is 0 Å². The molecule has 0 aliphatic carbocycles. The van der Waals surface area contributed by atoms with Gasteiger partial charge in [0.2, 0.25) is 0 Å². The summed E-state index contributed by atoms with van der Waals surface area (Å²) in [5.41, 5.74) is 3.70. The number of aromatic nitrogens is 4. The Morgan fingerprint density at radius 2 is 1.97 bits per heavy atom. The van der Waals surface area contributed by atoms with E-state index in [1.54, 1.807) is 6.33 Å². The summed E-state index contributed by atoms with van der Waals surface area (Å²) in [5.74, 6) is 2.08. The lowest BCUT2D eigenvalue weighted by Gasteiger charge is -2.14. The maximum atomic E-state index is 6.54. The van der Waals surface area contributed by atoms with Gasteiger partial charge in [0.25, 0.3) is 0 Å². The molecule has 0 saturated heterocycles. The second-order valence-electron chi connectivity index (χ2n) is 7.34. The zero-order valence-electron chi connectivity index (χ0n) is 16.6. The Labute approximate surface area is 178 Å². The maximum Gasteiger partial charge on any atom is 0.158 e. The molecule has 6 nitrogen and oxygen atoms in total. The summed E-state index contributed by atoms with van der Waals surface area (Å²) in [6, 6.07) is 15.8. The van der Waals surface area contributed by atoms with E-state index in [4.69, 9.17) is 16.3 Å². The Kier molecular flexibility index (Phi) is 4.56. The first-order valence-corrected chi connectivity index (χ1v) is 10.1. The topological polar surface area (TPSA) is 67.8 Å². The van der Waals surface area contributed by atoms with Crippen molar-refractivity contribution in [2.24, 2.45) is 0 Å². The summed E-state index contributed by atoms with van der Waals surface area (Å²) in [5, 5.41) is 4.89. The van der Waals surface area contributed by atoms with Crippen LogP contribution < -0.4 is 10.1 Å². The quantitative estimate of drug-likeness (QED) is 0.334. The number of aromatic amines is 1. The molecule has 2 aromatic carbocycles. The van der Waals surface area contributed by atoms with Gasteiger partial charge in [-0.1, -0.05) is 17.7 Å². The van der Waals surface area contributed by atoms with Crippen LogP contribution in [-0.2, 0) is 0 Å². The van der Waals surface area contributed by atoms with Gasteiger partial charge in [-0.05, 0) is 56.3 Å². The van der Waals surface area contributed by atoms with E-state index in [1.807, 2.05) is 60.9 Å². The third-order valence-electron chi connectivity index (χ3n) is 5.03. The highest BCUT2D eigenvalue weighted by atomic mass is 35.5. The molecule has 3 aromatic heterocycles. The van der Waals surface area contributed by atoms with Crippen LogP contribution in [0.3, 0.4) is 0 Å². The van der Waals surface area contributed by atoms with Gasteiger partial charge in [-0.15, -0.1) is 0 Å². The van der Waals surface area contributed by atoms with Crippen LogP contribution >= 0.6 is 11.6 Å². The second-order valence-corrected chi connectivity index (χ2v) is 7.75. The fourth-order valence-corrected chi connectivity index (χ4v) is 3.80. The van der Waals surface area contributed by atoms with Gasteiger partial charge in [0.1, 0.15) is 23.3 Å². The van der Waals surface area contributed by atoms with Crippen molar-refractivity contribution in [2.75, 3.05) is 5.32 Å². The fourth-order valence-electron chi connectivity index (χ4n) is 3.58. The molecule has 3 heterocycles. The summed E-state index contributed by atoms with van der Waals surface area (Å²) in [7, 11) is 0. The first-order valence-electron chi connectivity index (χ1n) is 9.72. The molecule has 30 heavy (non-hydrogen) atoms. The van der Waals surface area contributed by atoms with E-state index >= 15 is 0 Å². The van der Waals surface area contributed by atoms with Crippen LogP contribution in [0.1, 0.15) is 19.9 Å². The molecular formula is C23H20ClN5O.